The molecule has 0 atom stereocenters. The Labute approximate surface area is 170 Å². The van der Waals surface area contributed by atoms with Crippen LogP contribution < -0.4 is 4.74 Å². The zero-order chi connectivity index (χ0) is 20.4. The Balaban J connectivity index is 1.45. The highest BCUT2D eigenvalue weighted by Crippen LogP contribution is 2.29. The van der Waals surface area contributed by atoms with E-state index in [-0.39, 0.29) is 6.42 Å². The predicted molar refractivity (Wildman–Crippen MR) is 112 cm³/mol. The SMILES string of the molecule is CC(C)n1ncc2cc(COc3cccc4c3CCN(CCC(=O)O)C4)ccc21. The largest absolute Gasteiger partial charge is 0.489 e. The van der Waals surface area contributed by atoms with Crippen molar-refractivity contribution in [2.75, 3.05) is 13.1 Å². The van der Waals surface area contributed by atoms with Crippen LogP contribution in [0.1, 0.15) is 43.0 Å². The number of fused-ring (bicyclic) bond motifs is 2. The first-order valence-electron chi connectivity index (χ1n) is 10.1. The summed E-state index contributed by atoms with van der Waals surface area (Å²) in [6.07, 6.45) is 2.97. The lowest BCUT2D eigenvalue weighted by molar-refractivity contribution is -0.137. The fourth-order valence-corrected chi connectivity index (χ4v) is 3.98. The van der Waals surface area contributed by atoms with Crippen LogP contribution in [0.25, 0.3) is 10.9 Å². The third-order valence-corrected chi connectivity index (χ3v) is 5.49. The molecule has 2 heterocycles. The molecule has 0 radical (unpaired) electrons. The van der Waals surface area contributed by atoms with Gasteiger partial charge in [0.2, 0.25) is 0 Å². The molecule has 2 aromatic carbocycles. The van der Waals surface area contributed by atoms with Gasteiger partial charge in [0.15, 0.2) is 0 Å². The molecule has 1 aliphatic rings. The standard InChI is InChI=1S/C23H27N3O3/c1-16(2)26-21-7-6-17(12-19(21)13-24-26)15-29-22-5-3-4-18-14-25(10-8-20(18)22)11-9-23(27)28/h3-7,12-13,16H,8-11,14-15H2,1-2H3,(H,27,28). The number of ether oxygens (including phenoxy) is 1. The summed E-state index contributed by atoms with van der Waals surface area (Å²) in [6, 6.07) is 12.9. The van der Waals surface area contributed by atoms with Gasteiger partial charge in [-0.3, -0.25) is 14.4 Å². The molecule has 0 aliphatic carbocycles. The van der Waals surface area contributed by atoms with Crippen molar-refractivity contribution in [2.45, 2.75) is 45.9 Å². The van der Waals surface area contributed by atoms with E-state index in [4.69, 9.17) is 9.84 Å². The van der Waals surface area contributed by atoms with Crippen molar-refractivity contribution >= 4 is 16.9 Å². The molecule has 0 fully saturated rings. The summed E-state index contributed by atoms with van der Waals surface area (Å²) >= 11 is 0. The molecule has 6 heteroatoms. The van der Waals surface area contributed by atoms with Crippen molar-refractivity contribution in [3.63, 3.8) is 0 Å². The molecular formula is C23H27N3O3. The molecule has 6 nitrogen and oxygen atoms in total. The van der Waals surface area contributed by atoms with Crippen LogP contribution >= 0.6 is 0 Å². The smallest absolute Gasteiger partial charge is 0.304 e. The molecule has 0 saturated carbocycles. The second kappa shape index (κ2) is 8.25. The third-order valence-electron chi connectivity index (χ3n) is 5.49. The van der Waals surface area contributed by atoms with Crippen LogP contribution in [0.4, 0.5) is 0 Å². The number of hydrogen-bond acceptors (Lipinski definition) is 4. The number of nitrogens with zero attached hydrogens (tertiary/aromatic N) is 3. The maximum atomic E-state index is 10.8. The van der Waals surface area contributed by atoms with Crippen LogP contribution in [-0.4, -0.2) is 38.8 Å². The van der Waals surface area contributed by atoms with E-state index in [9.17, 15) is 4.79 Å². The molecule has 0 saturated heterocycles. The van der Waals surface area contributed by atoms with Gasteiger partial charge in [-0.1, -0.05) is 18.2 Å². The summed E-state index contributed by atoms with van der Waals surface area (Å²) < 4.78 is 8.22. The molecule has 4 rings (SSSR count). The van der Waals surface area contributed by atoms with Crippen LogP contribution in [0.15, 0.2) is 42.6 Å². The molecule has 3 aromatic rings. The number of carboxylic acid groups (broad SMARTS) is 1. The Morgan fingerprint density at radius 2 is 2.14 bits per heavy atom. The molecule has 1 N–H and O–H groups in total. The minimum atomic E-state index is -0.746. The lowest BCUT2D eigenvalue weighted by atomic mass is 9.98. The summed E-state index contributed by atoms with van der Waals surface area (Å²) in [4.78, 5) is 13.0. The number of hydrogen-bond donors (Lipinski definition) is 1. The molecule has 29 heavy (non-hydrogen) atoms. The Morgan fingerprint density at radius 1 is 1.28 bits per heavy atom. The van der Waals surface area contributed by atoms with E-state index in [1.54, 1.807) is 0 Å². The predicted octanol–water partition coefficient (Wildman–Crippen LogP) is 4.03. The summed E-state index contributed by atoms with van der Waals surface area (Å²) in [5.41, 5.74) is 4.74. The van der Waals surface area contributed by atoms with Crippen molar-refractivity contribution in [3.8, 4) is 5.75 Å². The van der Waals surface area contributed by atoms with Crippen molar-refractivity contribution in [1.82, 2.24) is 14.7 Å². The van der Waals surface area contributed by atoms with Gasteiger partial charge in [0.25, 0.3) is 0 Å². The van der Waals surface area contributed by atoms with Gasteiger partial charge in [-0.2, -0.15) is 5.10 Å². The van der Waals surface area contributed by atoms with Gasteiger partial charge in [-0.15, -0.1) is 0 Å². The quantitative estimate of drug-likeness (QED) is 0.656. The van der Waals surface area contributed by atoms with Crippen molar-refractivity contribution < 1.29 is 14.6 Å². The summed E-state index contributed by atoms with van der Waals surface area (Å²) in [6.45, 7) is 7.00. The van der Waals surface area contributed by atoms with E-state index in [2.05, 4.69) is 48.1 Å². The molecule has 0 bridgehead atoms. The Kier molecular flexibility index (Phi) is 5.53. The number of aliphatic carboxylic acids is 1. The van der Waals surface area contributed by atoms with E-state index < -0.39 is 5.97 Å². The first-order chi connectivity index (χ1) is 14.0. The number of rotatable bonds is 7. The minimum absolute atomic E-state index is 0.182. The van der Waals surface area contributed by atoms with Crippen LogP contribution in [0.3, 0.4) is 0 Å². The fourth-order valence-electron chi connectivity index (χ4n) is 3.98. The Morgan fingerprint density at radius 3 is 2.93 bits per heavy atom. The van der Waals surface area contributed by atoms with Gasteiger partial charge in [0.05, 0.1) is 18.1 Å². The van der Waals surface area contributed by atoms with E-state index in [1.807, 2.05) is 23.0 Å². The number of carboxylic acids is 1. The normalized spacial score (nSPS) is 14.3. The first kappa shape index (κ1) is 19.5. The van der Waals surface area contributed by atoms with E-state index in [1.165, 1.54) is 11.1 Å². The van der Waals surface area contributed by atoms with Crippen molar-refractivity contribution in [2.24, 2.45) is 0 Å². The van der Waals surface area contributed by atoms with Crippen LogP contribution in [0.5, 0.6) is 5.75 Å². The highest BCUT2D eigenvalue weighted by molar-refractivity contribution is 5.79. The number of benzene rings is 2. The molecule has 0 amide bonds. The van der Waals surface area contributed by atoms with Gasteiger partial charge in [0, 0.05) is 31.1 Å². The molecule has 1 aromatic heterocycles. The molecule has 0 unspecified atom stereocenters. The zero-order valence-electron chi connectivity index (χ0n) is 17.0. The lowest BCUT2D eigenvalue weighted by Crippen LogP contribution is -2.32. The highest BCUT2D eigenvalue weighted by Gasteiger charge is 2.20. The number of aromatic nitrogens is 2. The second-order valence-electron chi connectivity index (χ2n) is 7.93. The monoisotopic (exact) mass is 393 g/mol. The Bertz CT molecular complexity index is 1030. The summed E-state index contributed by atoms with van der Waals surface area (Å²) in [5.74, 6) is 0.183. The van der Waals surface area contributed by atoms with E-state index >= 15 is 0 Å². The molecule has 152 valence electrons. The van der Waals surface area contributed by atoms with E-state index in [0.717, 1.165) is 41.7 Å². The average Bonchev–Trinajstić information content (AvgIpc) is 3.14. The third kappa shape index (κ3) is 4.27. The zero-order valence-corrected chi connectivity index (χ0v) is 17.0. The van der Waals surface area contributed by atoms with Crippen molar-refractivity contribution in [3.05, 3.63) is 59.3 Å². The van der Waals surface area contributed by atoms with Crippen LogP contribution in [0, 0.1) is 0 Å². The van der Waals surface area contributed by atoms with Gasteiger partial charge in [0.1, 0.15) is 12.4 Å². The average molecular weight is 393 g/mol. The first-order valence-corrected chi connectivity index (χ1v) is 10.1. The van der Waals surface area contributed by atoms with Crippen LogP contribution in [-0.2, 0) is 24.4 Å². The van der Waals surface area contributed by atoms with Crippen LogP contribution in [0.2, 0.25) is 0 Å². The van der Waals surface area contributed by atoms with Crippen molar-refractivity contribution in [1.29, 1.82) is 0 Å². The van der Waals surface area contributed by atoms with Gasteiger partial charge in [-0.25, -0.2) is 0 Å². The summed E-state index contributed by atoms with van der Waals surface area (Å²) in [7, 11) is 0. The second-order valence-corrected chi connectivity index (χ2v) is 7.93. The number of carbonyl (C=O) groups is 1. The minimum Gasteiger partial charge on any atom is -0.489 e. The highest BCUT2D eigenvalue weighted by atomic mass is 16.5. The van der Waals surface area contributed by atoms with Gasteiger partial charge in [-0.05, 0) is 55.2 Å². The van der Waals surface area contributed by atoms with Gasteiger partial charge >= 0.3 is 5.97 Å². The Hall–Kier alpha value is -2.86. The fraction of sp³-hybridized carbons (Fsp3) is 0.391. The lowest BCUT2D eigenvalue weighted by Gasteiger charge is -2.29. The van der Waals surface area contributed by atoms with E-state index in [0.29, 0.717) is 19.2 Å². The maximum absolute atomic E-state index is 10.8. The molecule has 0 spiro atoms. The summed E-state index contributed by atoms with van der Waals surface area (Å²) in [5, 5.41) is 14.5. The molecular weight excluding hydrogens is 366 g/mol. The molecule has 1 aliphatic heterocycles. The topological polar surface area (TPSA) is 67.6 Å². The van der Waals surface area contributed by atoms with Gasteiger partial charge < -0.3 is 9.84 Å². The maximum Gasteiger partial charge on any atom is 0.304 e.